The number of hydrogen-bond acceptors (Lipinski definition) is 5. The molecule has 1 heterocycles. The van der Waals surface area contributed by atoms with Gasteiger partial charge in [0.1, 0.15) is 0 Å². The van der Waals surface area contributed by atoms with Crippen molar-refractivity contribution in [3.8, 4) is 0 Å². The van der Waals surface area contributed by atoms with Gasteiger partial charge in [0.05, 0.1) is 13.2 Å². The summed E-state index contributed by atoms with van der Waals surface area (Å²) in [6.07, 6.45) is 0. The molecule has 0 fully saturated rings. The van der Waals surface area contributed by atoms with Crippen LogP contribution in [0.3, 0.4) is 0 Å². The molecule has 1 atom stereocenters. The number of methoxy groups -OCH3 is 1. The number of nitrogens with one attached hydrogen (secondary N) is 1. The summed E-state index contributed by atoms with van der Waals surface area (Å²) >= 11 is 12.9. The summed E-state index contributed by atoms with van der Waals surface area (Å²) in [6.45, 7) is 1.98. The minimum atomic E-state index is -0.486. The predicted molar refractivity (Wildman–Crippen MR) is 82.0 cm³/mol. The van der Waals surface area contributed by atoms with E-state index >= 15 is 0 Å². The van der Waals surface area contributed by atoms with Gasteiger partial charge in [0.15, 0.2) is 15.2 Å². The summed E-state index contributed by atoms with van der Waals surface area (Å²) in [5.41, 5.74) is 1.06. The van der Waals surface area contributed by atoms with E-state index in [4.69, 9.17) is 23.2 Å². The van der Waals surface area contributed by atoms with Gasteiger partial charge in [0, 0.05) is 5.02 Å². The zero-order valence-electron chi connectivity index (χ0n) is 10.8. The van der Waals surface area contributed by atoms with Crippen LogP contribution in [0.5, 0.6) is 0 Å². The Morgan fingerprint density at radius 3 is 2.60 bits per heavy atom. The van der Waals surface area contributed by atoms with Gasteiger partial charge in [-0.2, -0.15) is 0 Å². The van der Waals surface area contributed by atoms with E-state index in [0.29, 0.717) is 15.0 Å². The lowest BCUT2D eigenvalue weighted by Gasteiger charge is -2.13. The molecule has 1 aromatic carbocycles. The molecule has 7 heteroatoms. The van der Waals surface area contributed by atoms with Crippen LogP contribution in [0.1, 0.15) is 28.2 Å². The number of aromatic nitrogens is 1. The Balaban J connectivity index is 2.13. The van der Waals surface area contributed by atoms with Crippen molar-refractivity contribution in [3.63, 3.8) is 0 Å². The molecule has 20 heavy (non-hydrogen) atoms. The molecule has 1 aromatic heterocycles. The lowest BCUT2D eigenvalue weighted by Crippen LogP contribution is -2.05. The van der Waals surface area contributed by atoms with E-state index < -0.39 is 5.97 Å². The molecule has 0 aliphatic rings. The number of carbonyl (C=O) groups is 1. The molecule has 0 aliphatic carbocycles. The fourth-order valence-corrected chi connectivity index (χ4v) is 2.92. The van der Waals surface area contributed by atoms with Crippen molar-refractivity contribution in [2.75, 3.05) is 12.4 Å². The summed E-state index contributed by atoms with van der Waals surface area (Å²) in [5, 5.41) is 4.59. The van der Waals surface area contributed by atoms with Crippen LogP contribution >= 0.6 is 34.5 Å². The molecule has 1 N–H and O–H groups in total. The van der Waals surface area contributed by atoms with E-state index in [9.17, 15) is 4.79 Å². The molecule has 0 bridgehead atoms. The SMILES string of the molecule is COC(=O)c1sc(NC(C)c2ccc(Cl)cc2)nc1Cl. The molecule has 0 aliphatic heterocycles. The Kier molecular flexibility index (Phi) is 4.86. The summed E-state index contributed by atoms with van der Waals surface area (Å²) in [7, 11) is 1.31. The zero-order valence-corrected chi connectivity index (χ0v) is 13.1. The molecule has 0 spiro atoms. The maximum atomic E-state index is 11.5. The van der Waals surface area contributed by atoms with Gasteiger partial charge in [-0.05, 0) is 24.6 Å². The van der Waals surface area contributed by atoms with E-state index in [1.54, 1.807) is 0 Å². The number of carbonyl (C=O) groups excluding carboxylic acids is 1. The van der Waals surface area contributed by atoms with Gasteiger partial charge >= 0.3 is 5.97 Å². The highest BCUT2D eigenvalue weighted by Crippen LogP contribution is 2.30. The summed E-state index contributed by atoms with van der Waals surface area (Å²) < 4.78 is 4.64. The second kappa shape index (κ2) is 6.43. The minimum absolute atomic E-state index is 0.0139. The minimum Gasteiger partial charge on any atom is -0.465 e. The fraction of sp³-hybridized carbons (Fsp3) is 0.231. The number of rotatable bonds is 4. The Morgan fingerprint density at radius 2 is 2.00 bits per heavy atom. The first-order valence-electron chi connectivity index (χ1n) is 5.78. The van der Waals surface area contributed by atoms with Crippen LogP contribution in [0.15, 0.2) is 24.3 Å². The van der Waals surface area contributed by atoms with Crippen molar-refractivity contribution in [2.45, 2.75) is 13.0 Å². The zero-order chi connectivity index (χ0) is 14.7. The smallest absolute Gasteiger partial charge is 0.351 e. The van der Waals surface area contributed by atoms with Gasteiger partial charge in [-0.25, -0.2) is 9.78 Å². The van der Waals surface area contributed by atoms with Crippen molar-refractivity contribution in [1.29, 1.82) is 0 Å². The van der Waals surface area contributed by atoms with Gasteiger partial charge in [-0.1, -0.05) is 46.7 Å². The Bertz CT molecular complexity index is 613. The first-order chi connectivity index (χ1) is 9.51. The number of esters is 1. The van der Waals surface area contributed by atoms with E-state index in [1.807, 2.05) is 31.2 Å². The quantitative estimate of drug-likeness (QED) is 0.843. The first-order valence-corrected chi connectivity index (χ1v) is 7.35. The molecule has 0 saturated heterocycles. The average Bonchev–Trinajstić information content (AvgIpc) is 2.79. The molecular formula is C13H12Cl2N2O2S. The van der Waals surface area contributed by atoms with Crippen LogP contribution in [0.25, 0.3) is 0 Å². The molecule has 106 valence electrons. The van der Waals surface area contributed by atoms with Crippen LogP contribution in [0.2, 0.25) is 10.2 Å². The van der Waals surface area contributed by atoms with Crippen molar-refractivity contribution >= 4 is 45.6 Å². The molecule has 1 unspecified atom stereocenters. The molecular weight excluding hydrogens is 319 g/mol. The van der Waals surface area contributed by atoms with Crippen LogP contribution in [-0.2, 0) is 4.74 Å². The fourth-order valence-electron chi connectivity index (χ4n) is 1.60. The molecule has 2 rings (SSSR count). The molecule has 0 radical (unpaired) electrons. The molecule has 2 aromatic rings. The number of benzene rings is 1. The third-order valence-corrected chi connectivity index (χ3v) is 4.27. The highest BCUT2D eigenvalue weighted by Gasteiger charge is 2.18. The van der Waals surface area contributed by atoms with Crippen LogP contribution in [0.4, 0.5) is 5.13 Å². The third kappa shape index (κ3) is 3.42. The molecule has 4 nitrogen and oxygen atoms in total. The van der Waals surface area contributed by atoms with Crippen LogP contribution in [-0.4, -0.2) is 18.1 Å². The standard InChI is InChI=1S/C13H12Cl2N2O2S/c1-7(8-3-5-9(14)6-4-8)16-13-17-11(15)10(20-13)12(18)19-2/h3-7H,1-2H3,(H,16,17). The van der Waals surface area contributed by atoms with Crippen molar-refractivity contribution in [1.82, 2.24) is 4.98 Å². The number of halogens is 2. The number of hydrogen-bond donors (Lipinski definition) is 1. The molecule has 0 saturated carbocycles. The third-order valence-electron chi connectivity index (χ3n) is 2.67. The van der Waals surface area contributed by atoms with Crippen molar-refractivity contribution in [2.24, 2.45) is 0 Å². The lowest BCUT2D eigenvalue weighted by atomic mass is 10.1. The van der Waals surface area contributed by atoms with E-state index in [0.717, 1.165) is 16.9 Å². The largest absolute Gasteiger partial charge is 0.465 e. The van der Waals surface area contributed by atoms with Crippen LogP contribution in [0, 0.1) is 0 Å². The number of anilines is 1. The van der Waals surface area contributed by atoms with Crippen LogP contribution < -0.4 is 5.32 Å². The lowest BCUT2D eigenvalue weighted by molar-refractivity contribution is 0.0606. The van der Waals surface area contributed by atoms with Gasteiger partial charge < -0.3 is 10.1 Å². The number of nitrogens with zero attached hydrogens (tertiary/aromatic N) is 1. The maximum Gasteiger partial charge on any atom is 0.351 e. The number of ether oxygens (including phenoxy) is 1. The topological polar surface area (TPSA) is 51.2 Å². The van der Waals surface area contributed by atoms with Crippen molar-refractivity contribution < 1.29 is 9.53 Å². The monoisotopic (exact) mass is 330 g/mol. The average molecular weight is 331 g/mol. The first kappa shape index (κ1) is 15.1. The van der Waals surface area contributed by atoms with E-state index in [-0.39, 0.29) is 11.2 Å². The maximum absolute atomic E-state index is 11.5. The summed E-state index contributed by atoms with van der Waals surface area (Å²) in [5.74, 6) is -0.486. The summed E-state index contributed by atoms with van der Waals surface area (Å²) in [4.78, 5) is 15.9. The van der Waals surface area contributed by atoms with E-state index in [1.165, 1.54) is 7.11 Å². The highest BCUT2D eigenvalue weighted by atomic mass is 35.5. The Labute approximate surface area is 130 Å². The van der Waals surface area contributed by atoms with E-state index in [2.05, 4.69) is 15.0 Å². The van der Waals surface area contributed by atoms with Crippen molar-refractivity contribution in [3.05, 3.63) is 44.9 Å². The summed E-state index contributed by atoms with van der Waals surface area (Å²) in [6, 6.07) is 7.51. The molecule has 0 amide bonds. The van der Waals surface area contributed by atoms with Gasteiger partial charge in [0.25, 0.3) is 0 Å². The van der Waals surface area contributed by atoms with Gasteiger partial charge in [-0.3, -0.25) is 0 Å². The highest BCUT2D eigenvalue weighted by molar-refractivity contribution is 7.18. The number of thiazole rings is 1. The second-order valence-corrected chi connectivity index (χ2v) is 5.84. The predicted octanol–water partition coefficient (Wildman–Crippen LogP) is 4.41. The Hall–Kier alpha value is -1.30. The van der Waals surface area contributed by atoms with Gasteiger partial charge in [-0.15, -0.1) is 0 Å². The normalized spacial score (nSPS) is 12.0. The van der Waals surface area contributed by atoms with Gasteiger partial charge in [0.2, 0.25) is 0 Å². The second-order valence-electron chi connectivity index (χ2n) is 4.05. The Morgan fingerprint density at radius 1 is 1.35 bits per heavy atom.